The van der Waals surface area contributed by atoms with E-state index in [1.807, 2.05) is 53.4 Å². The van der Waals surface area contributed by atoms with E-state index in [0.29, 0.717) is 20.6 Å². The zero-order chi connectivity index (χ0) is 28.6. The summed E-state index contributed by atoms with van der Waals surface area (Å²) in [6.45, 7) is 5.33. The molecule has 0 amide bonds. The van der Waals surface area contributed by atoms with Gasteiger partial charge in [-0.05, 0) is 75.1 Å². The van der Waals surface area contributed by atoms with Gasteiger partial charge in [0.2, 0.25) is 0 Å². The lowest BCUT2D eigenvalue weighted by Crippen LogP contribution is -2.40. The lowest BCUT2D eigenvalue weighted by Gasteiger charge is -2.25. The molecule has 204 valence electrons. The minimum atomic E-state index is -0.693. The van der Waals surface area contributed by atoms with Gasteiger partial charge in [0.25, 0.3) is 11.2 Å². The molecule has 9 nitrogen and oxygen atoms in total. The fourth-order valence-electron chi connectivity index (χ4n) is 4.58. The highest BCUT2D eigenvalue weighted by Crippen LogP contribution is 2.32. The third-order valence-corrected chi connectivity index (χ3v) is 8.14. The number of hydrogen-bond acceptors (Lipinski definition) is 8. The van der Waals surface area contributed by atoms with Crippen molar-refractivity contribution in [1.82, 2.24) is 9.13 Å². The van der Waals surface area contributed by atoms with Crippen LogP contribution in [-0.4, -0.2) is 32.4 Å². The molecule has 0 aliphatic carbocycles. The van der Waals surface area contributed by atoms with Crippen molar-refractivity contribution in [2.75, 3.05) is 6.26 Å². The first kappa shape index (κ1) is 27.4. The van der Waals surface area contributed by atoms with Gasteiger partial charge in [-0.3, -0.25) is 19.5 Å². The number of ether oxygens (including phenoxy) is 1. The Morgan fingerprint density at radius 3 is 2.48 bits per heavy atom. The van der Waals surface area contributed by atoms with Crippen LogP contribution in [0.4, 0.5) is 5.69 Å². The topological polar surface area (TPSA) is 109 Å². The zero-order valence-corrected chi connectivity index (χ0v) is 23.9. The molecule has 0 unspecified atom stereocenters. The molecule has 0 spiro atoms. The summed E-state index contributed by atoms with van der Waals surface area (Å²) in [5, 5.41) is 11.1. The van der Waals surface area contributed by atoms with Gasteiger partial charge in [0.15, 0.2) is 4.80 Å². The van der Waals surface area contributed by atoms with Crippen LogP contribution in [0.5, 0.6) is 0 Å². The molecule has 4 aromatic rings. The molecule has 0 fully saturated rings. The first-order valence-corrected chi connectivity index (χ1v) is 14.5. The number of thiazole rings is 1. The number of hydrogen-bond donors (Lipinski definition) is 0. The van der Waals surface area contributed by atoms with Gasteiger partial charge < -0.3 is 9.30 Å². The summed E-state index contributed by atoms with van der Waals surface area (Å²) in [4.78, 5) is 44.0. The lowest BCUT2D eigenvalue weighted by molar-refractivity contribution is -0.384. The molecule has 0 N–H and O–H groups in total. The number of non-ortho nitro benzene ring substituents is 1. The van der Waals surface area contributed by atoms with Crippen LogP contribution in [-0.2, 0) is 9.53 Å². The van der Waals surface area contributed by atoms with Crippen molar-refractivity contribution in [3.05, 3.63) is 119 Å². The monoisotopic (exact) mass is 574 g/mol. The first-order chi connectivity index (χ1) is 19.2. The van der Waals surface area contributed by atoms with Crippen molar-refractivity contribution < 1.29 is 14.5 Å². The molecule has 2 aromatic carbocycles. The van der Waals surface area contributed by atoms with E-state index in [1.165, 1.54) is 23.5 Å². The van der Waals surface area contributed by atoms with Gasteiger partial charge in [0.1, 0.15) is 0 Å². The normalized spacial score (nSPS) is 15.2. The third kappa shape index (κ3) is 5.17. The Bertz CT molecular complexity index is 1810. The predicted molar refractivity (Wildman–Crippen MR) is 156 cm³/mol. The molecule has 5 rings (SSSR count). The molecule has 1 aliphatic rings. The first-order valence-electron chi connectivity index (χ1n) is 12.5. The number of nitro groups is 1. The van der Waals surface area contributed by atoms with E-state index in [1.54, 1.807) is 55.3 Å². The Hall–Kier alpha value is -4.22. The van der Waals surface area contributed by atoms with Crippen LogP contribution in [0.2, 0.25) is 0 Å². The number of fused-ring (bicyclic) bond motifs is 1. The molecule has 0 saturated heterocycles. The summed E-state index contributed by atoms with van der Waals surface area (Å²) in [5.74, 6) is -0.503. The van der Waals surface area contributed by atoms with Gasteiger partial charge in [0, 0.05) is 34.6 Å². The second-order valence-electron chi connectivity index (χ2n) is 9.39. The molecule has 1 atom stereocenters. The largest absolute Gasteiger partial charge is 0.459 e. The predicted octanol–water partition coefficient (Wildman–Crippen LogP) is 4.61. The number of allylic oxidation sites excluding steroid dienone is 1. The number of aromatic nitrogens is 2. The molecule has 0 radical (unpaired) electrons. The van der Waals surface area contributed by atoms with E-state index in [0.717, 1.165) is 21.8 Å². The fourth-order valence-corrected chi connectivity index (χ4v) is 6.02. The van der Waals surface area contributed by atoms with Crippen molar-refractivity contribution in [1.29, 1.82) is 0 Å². The highest BCUT2D eigenvalue weighted by atomic mass is 32.2. The summed E-state index contributed by atoms with van der Waals surface area (Å²) in [6.07, 6.45) is 5.25. The Labute approximate surface area is 237 Å². The van der Waals surface area contributed by atoms with Crippen molar-refractivity contribution in [3.8, 4) is 5.69 Å². The smallest absolute Gasteiger partial charge is 0.338 e. The maximum atomic E-state index is 13.9. The Morgan fingerprint density at radius 2 is 1.85 bits per heavy atom. The highest BCUT2D eigenvalue weighted by molar-refractivity contribution is 7.98. The lowest BCUT2D eigenvalue weighted by atomic mass is 9.96. The number of benzene rings is 2. The molecular weight excluding hydrogens is 548 g/mol. The van der Waals surface area contributed by atoms with E-state index < -0.39 is 16.9 Å². The highest BCUT2D eigenvalue weighted by Gasteiger charge is 2.33. The van der Waals surface area contributed by atoms with E-state index in [9.17, 15) is 19.7 Å². The minimum Gasteiger partial charge on any atom is -0.459 e. The molecule has 2 aromatic heterocycles. The number of nitrogens with zero attached hydrogens (tertiary/aromatic N) is 4. The van der Waals surface area contributed by atoms with Gasteiger partial charge in [-0.15, -0.1) is 11.8 Å². The van der Waals surface area contributed by atoms with E-state index >= 15 is 0 Å². The molecule has 11 heteroatoms. The minimum absolute atomic E-state index is 0.00139. The molecular formula is C29H26N4O5S2. The number of rotatable bonds is 7. The number of carbonyl (C=O) groups excluding carboxylic acids is 1. The van der Waals surface area contributed by atoms with Crippen LogP contribution in [0.15, 0.2) is 92.8 Å². The summed E-state index contributed by atoms with van der Waals surface area (Å²) in [5.41, 5.74) is 2.78. The van der Waals surface area contributed by atoms with Crippen LogP contribution < -0.4 is 14.9 Å². The van der Waals surface area contributed by atoms with Gasteiger partial charge in [-0.25, -0.2) is 9.79 Å². The van der Waals surface area contributed by atoms with Crippen molar-refractivity contribution >= 4 is 40.8 Å². The SMILES string of the molecule is CSc1ccc([C@@H]2C(C(=O)OC(C)C)=C(C)N=c3s/c(=C\c4cccn4-c4ccc([N+](=O)[O-])cc4)c(=O)n32)cc1. The number of thioether (sulfide) groups is 1. The van der Waals surface area contributed by atoms with E-state index in [4.69, 9.17) is 4.74 Å². The Kier molecular flexibility index (Phi) is 7.59. The second kappa shape index (κ2) is 11.1. The zero-order valence-electron chi connectivity index (χ0n) is 22.2. The number of carbonyl (C=O) groups is 1. The maximum absolute atomic E-state index is 13.9. The van der Waals surface area contributed by atoms with E-state index in [-0.39, 0.29) is 17.4 Å². The quantitative estimate of drug-likeness (QED) is 0.138. The summed E-state index contributed by atoms with van der Waals surface area (Å²) < 4.78 is 9.42. The molecule has 0 bridgehead atoms. The summed E-state index contributed by atoms with van der Waals surface area (Å²) in [7, 11) is 0. The third-order valence-electron chi connectivity index (χ3n) is 6.41. The van der Waals surface area contributed by atoms with Crippen molar-refractivity contribution in [2.45, 2.75) is 37.8 Å². The Morgan fingerprint density at radius 1 is 1.15 bits per heavy atom. The summed E-state index contributed by atoms with van der Waals surface area (Å²) in [6, 6.07) is 17.0. The molecule has 3 heterocycles. The second-order valence-corrected chi connectivity index (χ2v) is 11.3. The van der Waals surface area contributed by atoms with Gasteiger partial charge >= 0.3 is 5.97 Å². The van der Waals surface area contributed by atoms with Gasteiger partial charge in [-0.2, -0.15) is 0 Å². The van der Waals surface area contributed by atoms with Crippen LogP contribution in [0.3, 0.4) is 0 Å². The van der Waals surface area contributed by atoms with E-state index in [2.05, 4.69) is 4.99 Å². The molecule has 40 heavy (non-hydrogen) atoms. The number of esters is 1. The molecule has 0 saturated carbocycles. The average molecular weight is 575 g/mol. The molecule has 1 aliphatic heterocycles. The van der Waals surface area contributed by atoms with Crippen molar-refractivity contribution in [2.24, 2.45) is 4.99 Å². The van der Waals surface area contributed by atoms with Crippen LogP contribution in [0.25, 0.3) is 11.8 Å². The van der Waals surface area contributed by atoms with Crippen LogP contribution in [0.1, 0.15) is 38.1 Å². The van der Waals surface area contributed by atoms with Crippen LogP contribution in [0, 0.1) is 10.1 Å². The van der Waals surface area contributed by atoms with Gasteiger partial charge in [-0.1, -0.05) is 23.5 Å². The number of nitro benzene ring substituents is 1. The van der Waals surface area contributed by atoms with Crippen molar-refractivity contribution in [3.63, 3.8) is 0 Å². The van der Waals surface area contributed by atoms with Gasteiger partial charge in [0.05, 0.1) is 32.9 Å². The van der Waals surface area contributed by atoms with Crippen LogP contribution >= 0.6 is 23.1 Å². The maximum Gasteiger partial charge on any atom is 0.338 e. The fraction of sp³-hybridized carbons (Fsp3) is 0.207. The standard InChI is InChI=1S/C29H26N4O5S2/c1-17(2)38-28(35)25-18(3)30-29-32(26(25)19-7-13-23(39-4)14-8-19)27(34)24(40-29)16-22-6-5-15-31(22)20-9-11-21(12-10-20)33(36)37/h5-17,26H,1-4H3/b24-16-/t26-/m1/s1. The Balaban J connectivity index is 1.65. The summed E-state index contributed by atoms with van der Waals surface area (Å²) >= 11 is 2.85. The average Bonchev–Trinajstić information content (AvgIpc) is 3.51.